The normalized spacial score (nSPS) is 12.0. The lowest BCUT2D eigenvalue weighted by atomic mass is 10.1. The summed E-state index contributed by atoms with van der Waals surface area (Å²) >= 11 is 2.70. The van der Waals surface area contributed by atoms with Gasteiger partial charge in [-0.1, -0.05) is 29.5 Å². The lowest BCUT2D eigenvalue weighted by Crippen LogP contribution is -2.22. The maximum absolute atomic E-state index is 12.8. The lowest BCUT2D eigenvalue weighted by molar-refractivity contribution is -0.141. The van der Waals surface area contributed by atoms with Gasteiger partial charge in [-0.3, -0.25) is 9.59 Å². The first kappa shape index (κ1) is 18.5. The van der Waals surface area contributed by atoms with E-state index in [1.54, 1.807) is 4.57 Å². The third-order valence-electron chi connectivity index (χ3n) is 4.30. The van der Waals surface area contributed by atoms with Crippen LogP contribution < -0.4 is 4.80 Å². The molecule has 1 amide bonds. The number of methoxy groups -OCH3 is 1. The summed E-state index contributed by atoms with van der Waals surface area (Å²) in [5.74, 6) is -0.812. The van der Waals surface area contributed by atoms with Crippen LogP contribution in [0.3, 0.4) is 0 Å². The molecule has 142 valence electrons. The van der Waals surface area contributed by atoms with Crippen molar-refractivity contribution in [3.63, 3.8) is 0 Å². The second-order valence-corrected chi connectivity index (χ2v) is 8.39. The van der Waals surface area contributed by atoms with Crippen LogP contribution in [0.15, 0.2) is 41.4 Å². The fraction of sp³-hybridized carbons (Fsp3) is 0.200. The molecule has 8 heteroatoms. The number of aromatic nitrogens is 2. The van der Waals surface area contributed by atoms with Crippen molar-refractivity contribution in [3.8, 4) is 0 Å². The van der Waals surface area contributed by atoms with Gasteiger partial charge >= 0.3 is 11.9 Å². The largest absolute Gasteiger partial charge is 0.468 e. The molecule has 0 N–H and O–H groups in total. The highest BCUT2D eigenvalue weighted by Gasteiger charge is 2.16. The van der Waals surface area contributed by atoms with Gasteiger partial charge in [0.25, 0.3) is 0 Å². The summed E-state index contributed by atoms with van der Waals surface area (Å²) in [5, 5.41) is 0.330. The lowest BCUT2D eigenvalue weighted by Gasteiger charge is -2.05. The van der Waals surface area contributed by atoms with E-state index in [4.69, 9.17) is 4.74 Å². The molecule has 28 heavy (non-hydrogen) atoms. The van der Waals surface area contributed by atoms with Gasteiger partial charge in [-0.05, 0) is 43.2 Å². The van der Waals surface area contributed by atoms with Crippen molar-refractivity contribution in [2.45, 2.75) is 20.4 Å². The van der Waals surface area contributed by atoms with Crippen LogP contribution in [0.1, 0.15) is 20.9 Å². The molecule has 2 heterocycles. The molecule has 0 spiro atoms. The zero-order valence-electron chi connectivity index (χ0n) is 15.6. The van der Waals surface area contributed by atoms with E-state index < -0.39 is 11.9 Å². The van der Waals surface area contributed by atoms with E-state index in [9.17, 15) is 9.59 Å². The van der Waals surface area contributed by atoms with Gasteiger partial charge in [0.2, 0.25) is 0 Å². The molecule has 0 aliphatic rings. The van der Waals surface area contributed by atoms with Crippen molar-refractivity contribution in [1.82, 2.24) is 9.55 Å². The Morgan fingerprint density at radius 1 is 1.18 bits per heavy atom. The van der Waals surface area contributed by atoms with Gasteiger partial charge in [0, 0.05) is 0 Å². The number of ether oxygens (including phenoxy) is 1. The molecule has 6 nitrogen and oxygen atoms in total. The second-order valence-electron chi connectivity index (χ2n) is 6.38. The molecule has 0 atom stereocenters. The highest BCUT2D eigenvalue weighted by atomic mass is 32.1. The number of benzene rings is 2. The van der Waals surface area contributed by atoms with Crippen LogP contribution in [0.2, 0.25) is 0 Å². The first-order chi connectivity index (χ1) is 13.5. The summed E-state index contributed by atoms with van der Waals surface area (Å²) in [4.78, 5) is 33.9. The van der Waals surface area contributed by atoms with Crippen molar-refractivity contribution in [2.24, 2.45) is 4.99 Å². The SMILES string of the molecule is COC(=O)Cn1c(=NC(=O)c2nc3ccccc3s2)sc2c(C)cc(C)cc21. The van der Waals surface area contributed by atoms with Crippen LogP contribution in [0.25, 0.3) is 20.4 Å². The number of aryl methyl sites for hydroxylation is 2. The van der Waals surface area contributed by atoms with E-state index in [1.807, 2.05) is 44.2 Å². The smallest absolute Gasteiger partial charge is 0.325 e. The Hall–Kier alpha value is -2.84. The molecular formula is C20H17N3O3S2. The summed E-state index contributed by atoms with van der Waals surface area (Å²) in [6, 6.07) is 11.6. The summed E-state index contributed by atoms with van der Waals surface area (Å²) in [6.07, 6.45) is 0. The molecular weight excluding hydrogens is 394 g/mol. The van der Waals surface area contributed by atoms with Gasteiger partial charge in [-0.2, -0.15) is 4.99 Å². The molecule has 2 aromatic heterocycles. The van der Waals surface area contributed by atoms with Crippen LogP contribution in [0, 0.1) is 13.8 Å². The number of carbonyl (C=O) groups is 2. The number of para-hydroxylation sites is 1. The van der Waals surface area contributed by atoms with E-state index in [1.165, 1.54) is 29.8 Å². The van der Waals surface area contributed by atoms with Crippen molar-refractivity contribution in [1.29, 1.82) is 0 Å². The van der Waals surface area contributed by atoms with Crippen LogP contribution in [0.4, 0.5) is 0 Å². The quantitative estimate of drug-likeness (QED) is 0.480. The third kappa shape index (κ3) is 3.36. The van der Waals surface area contributed by atoms with Gasteiger partial charge in [0.15, 0.2) is 9.81 Å². The van der Waals surface area contributed by atoms with Crippen LogP contribution >= 0.6 is 22.7 Å². The Morgan fingerprint density at radius 2 is 1.96 bits per heavy atom. The highest BCUT2D eigenvalue weighted by Crippen LogP contribution is 2.25. The van der Waals surface area contributed by atoms with Gasteiger partial charge < -0.3 is 9.30 Å². The Morgan fingerprint density at radius 3 is 2.71 bits per heavy atom. The second kappa shape index (κ2) is 7.29. The average molecular weight is 412 g/mol. The molecule has 0 aliphatic carbocycles. The zero-order valence-corrected chi connectivity index (χ0v) is 17.2. The topological polar surface area (TPSA) is 73.6 Å². The van der Waals surface area contributed by atoms with Gasteiger partial charge in [0.1, 0.15) is 6.54 Å². The Kier molecular flexibility index (Phi) is 4.82. The number of rotatable bonds is 3. The van der Waals surface area contributed by atoms with Crippen molar-refractivity contribution >= 4 is 55.0 Å². The molecule has 0 aliphatic heterocycles. The standard InChI is InChI=1S/C20H17N3O3S2/c1-11-8-12(2)17-14(9-11)23(10-16(24)26-3)20(28-17)22-18(25)19-21-13-6-4-5-7-15(13)27-19/h4-9H,10H2,1-3H3. The summed E-state index contributed by atoms with van der Waals surface area (Å²) in [7, 11) is 1.34. The Labute approximate surface area is 168 Å². The number of amides is 1. The van der Waals surface area contributed by atoms with Gasteiger partial charge in [0.05, 0.1) is 27.5 Å². The summed E-state index contributed by atoms with van der Waals surface area (Å²) < 4.78 is 8.49. The third-order valence-corrected chi connectivity index (χ3v) is 6.56. The first-order valence-electron chi connectivity index (χ1n) is 8.58. The van der Waals surface area contributed by atoms with Gasteiger partial charge in [-0.15, -0.1) is 11.3 Å². The molecule has 4 aromatic rings. The number of thiazole rings is 2. The van der Waals surface area contributed by atoms with Crippen molar-refractivity contribution < 1.29 is 14.3 Å². The highest BCUT2D eigenvalue weighted by molar-refractivity contribution is 7.20. The van der Waals surface area contributed by atoms with Crippen molar-refractivity contribution in [3.05, 3.63) is 57.3 Å². The molecule has 2 aromatic carbocycles. The van der Waals surface area contributed by atoms with Crippen LogP contribution in [-0.2, 0) is 16.1 Å². The predicted octanol–water partition coefficient (Wildman–Crippen LogP) is 3.84. The molecule has 0 saturated carbocycles. The molecule has 0 unspecified atom stereocenters. The molecule has 0 fully saturated rings. The fourth-order valence-electron chi connectivity index (χ4n) is 3.04. The Bertz CT molecular complexity index is 1260. The van der Waals surface area contributed by atoms with E-state index in [2.05, 4.69) is 16.0 Å². The van der Waals surface area contributed by atoms with E-state index in [0.29, 0.717) is 9.81 Å². The monoisotopic (exact) mass is 411 g/mol. The maximum Gasteiger partial charge on any atom is 0.325 e. The Balaban J connectivity index is 1.88. The minimum atomic E-state index is -0.416. The number of nitrogens with zero attached hydrogens (tertiary/aromatic N) is 3. The van der Waals surface area contributed by atoms with E-state index >= 15 is 0 Å². The number of carbonyl (C=O) groups excluding carboxylic acids is 2. The maximum atomic E-state index is 12.8. The summed E-state index contributed by atoms with van der Waals surface area (Å²) in [6.45, 7) is 3.99. The molecule has 0 radical (unpaired) electrons. The number of fused-ring (bicyclic) bond motifs is 2. The number of hydrogen-bond acceptors (Lipinski definition) is 6. The number of hydrogen-bond donors (Lipinski definition) is 0. The van der Waals surface area contributed by atoms with Crippen LogP contribution in [0.5, 0.6) is 0 Å². The van der Waals surface area contributed by atoms with Gasteiger partial charge in [-0.25, -0.2) is 4.98 Å². The molecule has 4 rings (SSSR count). The summed E-state index contributed by atoms with van der Waals surface area (Å²) in [5.41, 5.74) is 3.79. The fourth-order valence-corrected chi connectivity index (χ4v) is 4.97. The molecule has 0 saturated heterocycles. The van der Waals surface area contributed by atoms with Crippen molar-refractivity contribution in [2.75, 3.05) is 7.11 Å². The van der Waals surface area contributed by atoms with E-state index in [0.717, 1.165) is 31.6 Å². The predicted molar refractivity (Wildman–Crippen MR) is 111 cm³/mol. The minimum Gasteiger partial charge on any atom is -0.468 e. The molecule has 0 bridgehead atoms. The average Bonchev–Trinajstić information content (AvgIpc) is 3.24. The first-order valence-corrected chi connectivity index (χ1v) is 10.2. The number of esters is 1. The minimum absolute atomic E-state index is 0.00858. The van der Waals surface area contributed by atoms with Crippen LogP contribution in [-0.4, -0.2) is 28.5 Å². The zero-order chi connectivity index (χ0) is 19.8. The van der Waals surface area contributed by atoms with E-state index in [-0.39, 0.29) is 6.54 Å².